The zero-order valence-corrected chi connectivity index (χ0v) is 33.5. The molecule has 0 unspecified atom stereocenters. The standard InChI is InChI=1S/C55H45NS/c1-54(2)48-14-8-6-12-42(48)43-20-17-40(31-51(43)54)56(41-18-21-45-44-13-7-9-15-52(44)57-53(45)32-41)39-19-23-50-47(30-39)46-29-36(35-10-4-3-5-11-35)16-22-49(46)55(50)37-25-33-24-34(27-37)28-38(55)26-33/h3-23,29-34,37-38H,24-28H2,1-2H3. The third kappa shape index (κ3) is 4.40. The summed E-state index contributed by atoms with van der Waals surface area (Å²) in [5, 5.41) is 2.68. The Hall–Kier alpha value is -5.44. The van der Waals surface area contributed by atoms with Crippen LogP contribution in [0, 0.1) is 23.7 Å². The minimum Gasteiger partial charge on any atom is -0.310 e. The lowest BCUT2D eigenvalue weighted by molar-refractivity contribution is -0.0399. The molecule has 1 aromatic heterocycles. The molecule has 0 aliphatic heterocycles. The number of benzene rings is 7. The third-order valence-electron chi connectivity index (χ3n) is 15.4. The molecular weight excluding hydrogens is 707 g/mol. The van der Waals surface area contributed by atoms with E-state index in [2.05, 4.69) is 170 Å². The first-order valence-electron chi connectivity index (χ1n) is 21.3. The van der Waals surface area contributed by atoms with E-state index in [0.29, 0.717) is 0 Å². The minimum absolute atomic E-state index is 0.0837. The predicted molar refractivity (Wildman–Crippen MR) is 240 cm³/mol. The van der Waals surface area contributed by atoms with Crippen molar-refractivity contribution in [1.29, 1.82) is 0 Å². The Morgan fingerprint density at radius 1 is 0.439 bits per heavy atom. The molecule has 4 fully saturated rings. The van der Waals surface area contributed by atoms with Gasteiger partial charge in [0.25, 0.3) is 0 Å². The molecule has 0 N–H and O–H groups in total. The summed E-state index contributed by atoms with van der Waals surface area (Å²) >= 11 is 1.91. The molecule has 1 heterocycles. The fourth-order valence-corrected chi connectivity index (χ4v) is 14.4. The Kier molecular flexibility index (Phi) is 6.63. The molecule has 7 aromatic carbocycles. The molecule has 276 valence electrons. The normalized spacial score (nSPS) is 24.2. The third-order valence-corrected chi connectivity index (χ3v) is 16.6. The Labute approximate surface area is 339 Å². The van der Waals surface area contributed by atoms with E-state index in [-0.39, 0.29) is 10.8 Å². The van der Waals surface area contributed by atoms with Crippen LogP contribution < -0.4 is 4.90 Å². The van der Waals surface area contributed by atoms with Crippen LogP contribution in [-0.2, 0) is 10.8 Å². The van der Waals surface area contributed by atoms with Gasteiger partial charge in [-0.1, -0.05) is 117 Å². The van der Waals surface area contributed by atoms with Crippen LogP contribution in [0.4, 0.5) is 17.1 Å². The van der Waals surface area contributed by atoms with Crippen molar-refractivity contribution in [3.05, 3.63) is 174 Å². The number of rotatable bonds is 4. The Bertz CT molecular complexity index is 2940. The number of thiophene rings is 1. The highest BCUT2D eigenvalue weighted by molar-refractivity contribution is 7.25. The lowest BCUT2D eigenvalue weighted by atomic mass is 9.43. The quantitative estimate of drug-likeness (QED) is 0.173. The summed E-state index contributed by atoms with van der Waals surface area (Å²) in [6.45, 7) is 4.80. The van der Waals surface area contributed by atoms with Crippen molar-refractivity contribution < 1.29 is 0 Å². The van der Waals surface area contributed by atoms with Gasteiger partial charge < -0.3 is 4.90 Å². The van der Waals surface area contributed by atoms with Gasteiger partial charge >= 0.3 is 0 Å². The molecule has 0 atom stereocenters. The van der Waals surface area contributed by atoms with Gasteiger partial charge in [-0.05, 0) is 160 Å². The van der Waals surface area contributed by atoms with Gasteiger partial charge in [-0.2, -0.15) is 0 Å². The van der Waals surface area contributed by atoms with Gasteiger partial charge in [-0.15, -0.1) is 11.3 Å². The molecule has 1 spiro atoms. The van der Waals surface area contributed by atoms with Crippen LogP contribution in [0.3, 0.4) is 0 Å². The zero-order chi connectivity index (χ0) is 37.6. The molecule has 4 saturated carbocycles. The van der Waals surface area contributed by atoms with Crippen LogP contribution in [0.1, 0.15) is 68.2 Å². The molecule has 2 heteroatoms. The lowest BCUT2D eigenvalue weighted by Gasteiger charge is -2.61. The highest BCUT2D eigenvalue weighted by Gasteiger charge is 2.61. The largest absolute Gasteiger partial charge is 0.310 e. The summed E-state index contributed by atoms with van der Waals surface area (Å²) < 4.78 is 2.68. The second-order valence-corrected chi connectivity index (χ2v) is 19.6. The van der Waals surface area contributed by atoms with E-state index in [9.17, 15) is 0 Å². The van der Waals surface area contributed by atoms with Gasteiger partial charge in [-0.25, -0.2) is 0 Å². The molecule has 57 heavy (non-hydrogen) atoms. The van der Waals surface area contributed by atoms with Gasteiger partial charge in [0.15, 0.2) is 0 Å². The van der Waals surface area contributed by atoms with E-state index >= 15 is 0 Å². The van der Waals surface area contributed by atoms with Crippen LogP contribution in [0.5, 0.6) is 0 Å². The van der Waals surface area contributed by atoms with Gasteiger partial charge in [0.1, 0.15) is 0 Å². The SMILES string of the molecule is CC1(C)c2ccccc2-c2ccc(N(c3ccc4c(c3)-c3cc(-c5ccccc5)ccc3C43C4CC5CC(C4)CC3C5)c3ccc4c(c3)sc3ccccc34)cc21. The Balaban J connectivity index is 1.04. The average molecular weight is 752 g/mol. The molecule has 0 saturated heterocycles. The summed E-state index contributed by atoms with van der Waals surface area (Å²) in [7, 11) is 0. The van der Waals surface area contributed by atoms with Crippen LogP contribution >= 0.6 is 11.3 Å². The van der Waals surface area contributed by atoms with Crippen molar-refractivity contribution in [2.45, 2.75) is 56.8 Å². The maximum absolute atomic E-state index is 2.59. The van der Waals surface area contributed by atoms with Crippen molar-refractivity contribution in [3.63, 3.8) is 0 Å². The summed E-state index contributed by atoms with van der Waals surface area (Å²) in [5.41, 5.74) is 18.0. The van der Waals surface area contributed by atoms with Crippen molar-refractivity contribution in [1.82, 2.24) is 0 Å². The molecule has 8 aromatic rings. The molecule has 6 aliphatic rings. The van der Waals surface area contributed by atoms with Crippen LogP contribution in [0.2, 0.25) is 0 Å². The highest BCUT2D eigenvalue weighted by Crippen LogP contribution is 2.70. The van der Waals surface area contributed by atoms with Crippen molar-refractivity contribution in [2.75, 3.05) is 4.90 Å². The van der Waals surface area contributed by atoms with Crippen LogP contribution in [0.25, 0.3) is 53.6 Å². The number of nitrogens with zero attached hydrogens (tertiary/aromatic N) is 1. The summed E-state index contributed by atoms with van der Waals surface area (Å²) in [6, 6.07) is 58.5. The molecule has 6 aliphatic carbocycles. The van der Waals surface area contributed by atoms with E-state index in [4.69, 9.17) is 0 Å². The smallest absolute Gasteiger partial charge is 0.0476 e. The molecule has 0 radical (unpaired) electrons. The molecular formula is C55H45NS. The Morgan fingerprint density at radius 2 is 1.05 bits per heavy atom. The topological polar surface area (TPSA) is 3.24 Å². The highest BCUT2D eigenvalue weighted by atomic mass is 32.1. The maximum Gasteiger partial charge on any atom is 0.0476 e. The summed E-state index contributed by atoms with van der Waals surface area (Å²) in [5.74, 6) is 3.30. The van der Waals surface area contributed by atoms with Crippen molar-refractivity contribution >= 4 is 48.6 Å². The van der Waals surface area contributed by atoms with Crippen molar-refractivity contribution in [3.8, 4) is 33.4 Å². The molecule has 1 nitrogen and oxygen atoms in total. The number of fused-ring (bicyclic) bond motifs is 9. The minimum atomic E-state index is -0.0837. The van der Waals surface area contributed by atoms with Gasteiger partial charge in [0, 0.05) is 48.1 Å². The molecule has 14 rings (SSSR count). The molecule has 0 amide bonds. The fraction of sp³-hybridized carbons (Fsp3) is 0.236. The fourth-order valence-electron chi connectivity index (χ4n) is 13.3. The van der Waals surface area contributed by atoms with Crippen molar-refractivity contribution in [2.24, 2.45) is 23.7 Å². The first kappa shape index (κ1) is 32.6. The lowest BCUT2D eigenvalue weighted by Crippen LogP contribution is -2.55. The predicted octanol–water partition coefficient (Wildman–Crippen LogP) is 15.2. The number of anilines is 3. The zero-order valence-electron chi connectivity index (χ0n) is 32.6. The Morgan fingerprint density at radius 3 is 1.88 bits per heavy atom. The number of hydrogen-bond donors (Lipinski definition) is 0. The maximum atomic E-state index is 2.59. The van der Waals surface area contributed by atoms with Gasteiger partial charge in [0.05, 0.1) is 0 Å². The average Bonchev–Trinajstić information content (AvgIpc) is 3.83. The van der Waals surface area contributed by atoms with E-state index in [1.54, 1.807) is 11.1 Å². The van der Waals surface area contributed by atoms with E-state index in [0.717, 1.165) is 23.7 Å². The molecule has 4 bridgehead atoms. The van der Waals surface area contributed by atoms with E-state index in [1.165, 1.54) is 114 Å². The number of hydrogen-bond acceptors (Lipinski definition) is 2. The first-order chi connectivity index (χ1) is 27.9. The summed E-state index contributed by atoms with van der Waals surface area (Å²) in [6.07, 6.45) is 7.03. The van der Waals surface area contributed by atoms with E-state index in [1.807, 2.05) is 11.3 Å². The van der Waals surface area contributed by atoms with E-state index < -0.39 is 0 Å². The van der Waals surface area contributed by atoms with Gasteiger partial charge in [-0.3, -0.25) is 0 Å². The van der Waals surface area contributed by atoms with Crippen LogP contribution in [-0.4, -0.2) is 0 Å². The first-order valence-corrected chi connectivity index (χ1v) is 22.1. The second kappa shape index (κ2) is 11.6. The monoisotopic (exact) mass is 751 g/mol. The van der Waals surface area contributed by atoms with Crippen LogP contribution in [0.15, 0.2) is 152 Å². The van der Waals surface area contributed by atoms with Gasteiger partial charge in [0.2, 0.25) is 0 Å². The summed E-state index contributed by atoms with van der Waals surface area (Å²) in [4.78, 5) is 2.56. The second-order valence-electron chi connectivity index (χ2n) is 18.5.